The molecule has 1 fully saturated rings. The highest BCUT2D eigenvalue weighted by molar-refractivity contribution is 5.56. The van der Waals surface area contributed by atoms with Crippen molar-refractivity contribution in [3.05, 3.63) is 5.56 Å². The number of ether oxygens (including phenoxy) is 1. The van der Waals surface area contributed by atoms with E-state index in [1.165, 1.54) is 39.5 Å². The zero-order valence-electron chi connectivity index (χ0n) is 11.4. The molecule has 0 unspecified atom stereocenters. The van der Waals surface area contributed by atoms with Gasteiger partial charge in [-0.1, -0.05) is 6.42 Å². The third-order valence-electron chi connectivity index (χ3n) is 3.44. The van der Waals surface area contributed by atoms with E-state index in [1.54, 1.807) is 0 Å². The summed E-state index contributed by atoms with van der Waals surface area (Å²) in [5.41, 5.74) is 0.445. The van der Waals surface area contributed by atoms with E-state index in [1.807, 2.05) is 0 Å². The van der Waals surface area contributed by atoms with Crippen LogP contribution in [0.25, 0.3) is 0 Å². The van der Waals surface area contributed by atoms with Gasteiger partial charge in [0.05, 0.1) is 7.11 Å². The second kappa shape index (κ2) is 7.00. The molecule has 6 nitrogen and oxygen atoms in total. The minimum absolute atomic E-state index is 0.348. The van der Waals surface area contributed by atoms with Gasteiger partial charge in [0.25, 0.3) is 5.88 Å². The summed E-state index contributed by atoms with van der Waals surface area (Å²) in [6, 6.07) is 2.09. The highest BCUT2D eigenvalue weighted by Gasteiger charge is 2.13. The molecular formula is C13H21N5O. The molecular weight excluding hydrogens is 242 g/mol. The Labute approximate surface area is 113 Å². The molecule has 1 aliphatic heterocycles. The number of likely N-dealkylation sites (tertiary alicyclic amines) is 1. The summed E-state index contributed by atoms with van der Waals surface area (Å²) in [7, 11) is 1.51. The molecule has 19 heavy (non-hydrogen) atoms. The minimum atomic E-state index is 0.348. The molecule has 0 bridgehead atoms. The van der Waals surface area contributed by atoms with Crippen molar-refractivity contribution in [3.8, 4) is 11.9 Å². The number of nitrogens with zero attached hydrogens (tertiary/aromatic N) is 3. The van der Waals surface area contributed by atoms with E-state index in [4.69, 9.17) is 10.00 Å². The van der Waals surface area contributed by atoms with Crippen molar-refractivity contribution in [1.82, 2.24) is 15.1 Å². The number of aromatic amines is 1. The lowest BCUT2D eigenvalue weighted by molar-refractivity contribution is 0.228. The lowest BCUT2D eigenvalue weighted by Crippen LogP contribution is -2.31. The summed E-state index contributed by atoms with van der Waals surface area (Å²) in [4.78, 5) is 2.50. The summed E-state index contributed by atoms with van der Waals surface area (Å²) in [6.07, 6.45) is 5.08. The number of aromatic nitrogens is 2. The standard InChI is InChI=1S/C13H21N5O/c1-19-13-11(10-14)12(16-17-13)15-6-5-9-18-7-3-2-4-8-18/h2-9H2,1H3,(H2,15,16,17). The van der Waals surface area contributed by atoms with Crippen molar-refractivity contribution in [2.75, 3.05) is 38.6 Å². The zero-order valence-corrected chi connectivity index (χ0v) is 11.4. The molecule has 2 rings (SSSR count). The fourth-order valence-corrected chi connectivity index (χ4v) is 2.40. The number of hydrogen-bond acceptors (Lipinski definition) is 5. The van der Waals surface area contributed by atoms with E-state index in [2.05, 4.69) is 26.5 Å². The number of methoxy groups -OCH3 is 1. The van der Waals surface area contributed by atoms with Crippen molar-refractivity contribution in [1.29, 1.82) is 5.26 Å². The first-order valence-electron chi connectivity index (χ1n) is 6.84. The van der Waals surface area contributed by atoms with Crippen molar-refractivity contribution in [2.45, 2.75) is 25.7 Å². The molecule has 1 saturated heterocycles. The van der Waals surface area contributed by atoms with E-state index in [-0.39, 0.29) is 0 Å². The molecule has 6 heteroatoms. The maximum Gasteiger partial charge on any atom is 0.252 e. The Hall–Kier alpha value is -1.74. The number of piperidine rings is 1. The number of nitrogens with one attached hydrogen (secondary N) is 2. The molecule has 2 heterocycles. The number of hydrogen-bond donors (Lipinski definition) is 2. The minimum Gasteiger partial charge on any atom is -0.479 e. The van der Waals surface area contributed by atoms with Gasteiger partial charge in [-0.25, -0.2) is 0 Å². The Morgan fingerprint density at radius 2 is 2.21 bits per heavy atom. The molecule has 0 spiro atoms. The van der Waals surface area contributed by atoms with Crippen LogP contribution in [0.15, 0.2) is 0 Å². The second-order valence-electron chi connectivity index (χ2n) is 4.78. The summed E-state index contributed by atoms with van der Waals surface area (Å²) in [5.74, 6) is 0.999. The Bertz CT molecular complexity index is 431. The van der Waals surface area contributed by atoms with Crippen LogP contribution in [-0.4, -0.2) is 48.4 Å². The Kier molecular flexibility index (Phi) is 5.04. The molecule has 0 aromatic carbocycles. The average Bonchev–Trinajstić information content (AvgIpc) is 2.86. The Balaban J connectivity index is 1.73. The van der Waals surface area contributed by atoms with Crippen LogP contribution >= 0.6 is 0 Å². The Morgan fingerprint density at radius 3 is 2.89 bits per heavy atom. The van der Waals surface area contributed by atoms with Gasteiger partial charge in [-0.05, 0) is 38.9 Å². The van der Waals surface area contributed by atoms with Gasteiger partial charge in [-0.2, -0.15) is 5.26 Å². The van der Waals surface area contributed by atoms with Crippen molar-refractivity contribution < 1.29 is 4.74 Å². The third kappa shape index (κ3) is 3.61. The topological polar surface area (TPSA) is 77.0 Å². The van der Waals surface area contributed by atoms with Crippen LogP contribution in [0.1, 0.15) is 31.2 Å². The SMILES string of the molecule is COc1n[nH]c(NCCCN2CCCCC2)c1C#N. The molecule has 0 amide bonds. The maximum atomic E-state index is 9.04. The van der Waals surface area contributed by atoms with Gasteiger partial charge < -0.3 is 15.0 Å². The highest BCUT2D eigenvalue weighted by Crippen LogP contribution is 2.21. The number of rotatable bonds is 6. The molecule has 0 atom stereocenters. The van der Waals surface area contributed by atoms with Crippen LogP contribution in [0, 0.1) is 11.3 Å². The third-order valence-corrected chi connectivity index (χ3v) is 3.44. The van der Waals surface area contributed by atoms with Crippen LogP contribution in [-0.2, 0) is 0 Å². The first kappa shape index (κ1) is 13.7. The smallest absolute Gasteiger partial charge is 0.252 e. The van der Waals surface area contributed by atoms with Crippen LogP contribution in [0.3, 0.4) is 0 Å². The fourth-order valence-electron chi connectivity index (χ4n) is 2.40. The van der Waals surface area contributed by atoms with Gasteiger partial charge in [-0.15, -0.1) is 5.10 Å². The normalized spacial score (nSPS) is 16.0. The molecule has 1 aromatic heterocycles. The van der Waals surface area contributed by atoms with Crippen LogP contribution in [0.5, 0.6) is 5.88 Å². The first-order chi connectivity index (χ1) is 9.35. The number of anilines is 1. The van der Waals surface area contributed by atoms with E-state index in [9.17, 15) is 0 Å². The molecule has 1 aromatic rings. The first-order valence-corrected chi connectivity index (χ1v) is 6.84. The average molecular weight is 263 g/mol. The fraction of sp³-hybridized carbons (Fsp3) is 0.692. The summed E-state index contributed by atoms with van der Waals surface area (Å²) < 4.78 is 5.01. The van der Waals surface area contributed by atoms with Gasteiger partial charge in [0, 0.05) is 6.54 Å². The monoisotopic (exact) mass is 263 g/mol. The van der Waals surface area contributed by atoms with Gasteiger partial charge in [0.1, 0.15) is 11.9 Å². The highest BCUT2D eigenvalue weighted by atomic mass is 16.5. The van der Waals surface area contributed by atoms with Gasteiger partial charge in [-0.3, -0.25) is 5.10 Å². The molecule has 2 N–H and O–H groups in total. The molecule has 0 aliphatic carbocycles. The van der Waals surface area contributed by atoms with Gasteiger partial charge in [0.2, 0.25) is 0 Å². The lowest BCUT2D eigenvalue weighted by atomic mass is 10.1. The van der Waals surface area contributed by atoms with E-state index in [0.29, 0.717) is 17.3 Å². The predicted molar refractivity (Wildman–Crippen MR) is 73.3 cm³/mol. The second-order valence-corrected chi connectivity index (χ2v) is 4.78. The number of H-pyrrole nitrogens is 1. The van der Waals surface area contributed by atoms with Crippen molar-refractivity contribution in [3.63, 3.8) is 0 Å². The number of nitriles is 1. The molecule has 104 valence electrons. The molecule has 1 aliphatic rings. The van der Waals surface area contributed by atoms with Crippen molar-refractivity contribution >= 4 is 5.82 Å². The maximum absolute atomic E-state index is 9.04. The molecule has 0 radical (unpaired) electrons. The Morgan fingerprint density at radius 1 is 1.42 bits per heavy atom. The zero-order chi connectivity index (χ0) is 13.5. The van der Waals surface area contributed by atoms with Crippen LogP contribution in [0.4, 0.5) is 5.82 Å². The predicted octanol–water partition coefficient (Wildman–Crippen LogP) is 1.58. The van der Waals surface area contributed by atoms with Gasteiger partial charge in [0.15, 0.2) is 5.56 Å². The van der Waals surface area contributed by atoms with E-state index < -0.39 is 0 Å². The quantitative estimate of drug-likeness (QED) is 0.762. The largest absolute Gasteiger partial charge is 0.479 e. The van der Waals surface area contributed by atoms with Gasteiger partial charge >= 0.3 is 0 Å². The van der Waals surface area contributed by atoms with Crippen molar-refractivity contribution in [2.24, 2.45) is 0 Å². The van der Waals surface area contributed by atoms with E-state index >= 15 is 0 Å². The lowest BCUT2D eigenvalue weighted by Gasteiger charge is -2.26. The van der Waals surface area contributed by atoms with Crippen LogP contribution in [0.2, 0.25) is 0 Å². The summed E-state index contributed by atoms with van der Waals surface area (Å²) >= 11 is 0. The molecule has 0 saturated carbocycles. The van der Waals surface area contributed by atoms with E-state index in [0.717, 1.165) is 19.5 Å². The summed E-state index contributed by atoms with van der Waals surface area (Å²) in [6.45, 7) is 4.39. The van der Waals surface area contributed by atoms with Crippen LogP contribution < -0.4 is 10.1 Å². The summed E-state index contributed by atoms with van der Waals surface area (Å²) in [5, 5.41) is 19.0.